The third kappa shape index (κ3) is 6.25. The Hall–Kier alpha value is -1.53. The normalized spacial score (nSPS) is 36.4. The zero-order valence-corrected chi connectivity index (χ0v) is 15.1. The van der Waals surface area contributed by atoms with Gasteiger partial charge in [-0.05, 0) is 12.0 Å². The summed E-state index contributed by atoms with van der Waals surface area (Å²) in [6.07, 6.45) is -4.79. The van der Waals surface area contributed by atoms with E-state index in [-0.39, 0.29) is 36.1 Å². The van der Waals surface area contributed by atoms with Crippen LogP contribution in [-0.4, -0.2) is 89.5 Å². The van der Waals surface area contributed by atoms with E-state index in [1.165, 1.54) is 0 Å². The molecule has 6 atom stereocenters. The van der Waals surface area contributed by atoms with E-state index >= 15 is 0 Å². The number of hydrogen-bond donors (Lipinski definition) is 8. The Bertz CT molecular complexity index is 567. The summed E-state index contributed by atoms with van der Waals surface area (Å²) < 4.78 is 4.58. The average Bonchev–Trinajstić information content (AvgIpc) is 2.55. The number of ketones is 1. The fourth-order valence-corrected chi connectivity index (χ4v) is 2.64. The van der Waals surface area contributed by atoms with E-state index in [4.69, 9.17) is 25.5 Å². The Morgan fingerprint density at radius 2 is 1.78 bits per heavy atom. The highest BCUT2D eigenvalue weighted by atomic mass is 16.6. The lowest BCUT2D eigenvalue weighted by molar-refractivity contribution is -0.286. The Kier molecular flexibility index (Phi) is 8.36. The van der Waals surface area contributed by atoms with E-state index in [0.29, 0.717) is 0 Å². The van der Waals surface area contributed by atoms with Gasteiger partial charge in [0.1, 0.15) is 30.2 Å². The maximum atomic E-state index is 11.7. The lowest BCUT2D eigenvalue weighted by atomic mass is 9.85. The first-order valence-corrected chi connectivity index (χ1v) is 8.47. The van der Waals surface area contributed by atoms with Gasteiger partial charge in [-0.15, -0.1) is 0 Å². The summed E-state index contributed by atoms with van der Waals surface area (Å²) >= 11 is 0. The van der Waals surface area contributed by atoms with Crippen molar-refractivity contribution in [3.05, 3.63) is 23.7 Å². The SMILES string of the molecule is CC(C)CC(=O)C1(O)C=C(O)C=C(O)C1.OC[C@H]1OC(O)[C@H](O)[C@@H](O)[C@@H]1O. The summed E-state index contributed by atoms with van der Waals surface area (Å²) in [5.74, 6) is -0.721. The maximum absolute atomic E-state index is 11.7. The quantitative estimate of drug-likeness (QED) is 0.277. The van der Waals surface area contributed by atoms with Crippen LogP contribution >= 0.6 is 0 Å². The molecule has 0 amide bonds. The van der Waals surface area contributed by atoms with Gasteiger partial charge in [0.2, 0.25) is 0 Å². The highest BCUT2D eigenvalue weighted by Gasteiger charge is 2.42. The first-order valence-electron chi connectivity index (χ1n) is 8.47. The largest absolute Gasteiger partial charge is 0.512 e. The van der Waals surface area contributed by atoms with Crippen LogP contribution in [0.1, 0.15) is 26.7 Å². The van der Waals surface area contributed by atoms with E-state index in [1.54, 1.807) is 0 Å². The fourth-order valence-electron chi connectivity index (χ4n) is 2.64. The predicted octanol–water partition coefficient (Wildman–Crippen LogP) is -1.60. The van der Waals surface area contributed by atoms with Crippen LogP contribution < -0.4 is 0 Å². The average molecular weight is 392 g/mol. The van der Waals surface area contributed by atoms with Crippen LogP contribution in [0.25, 0.3) is 0 Å². The highest BCUT2D eigenvalue weighted by molar-refractivity contribution is 5.90. The third-order valence-electron chi connectivity index (χ3n) is 4.10. The lowest BCUT2D eigenvalue weighted by Crippen LogP contribution is -2.58. The minimum atomic E-state index is -1.76. The molecule has 1 aliphatic carbocycles. The molecule has 1 aliphatic heterocycles. The second-order valence-electron chi connectivity index (χ2n) is 7.05. The fraction of sp³-hybridized carbons (Fsp3) is 0.706. The zero-order valence-electron chi connectivity index (χ0n) is 15.1. The van der Waals surface area contributed by atoms with Crippen LogP contribution in [0.2, 0.25) is 0 Å². The van der Waals surface area contributed by atoms with Crippen molar-refractivity contribution < 1.29 is 50.4 Å². The first-order chi connectivity index (χ1) is 12.4. The van der Waals surface area contributed by atoms with Gasteiger partial charge in [-0.2, -0.15) is 0 Å². The molecule has 0 saturated carbocycles. The minimum absolute atomic E-state index is 0.130. The van der Waals surface area contributed by atoms with Gasteiger partial charge in [0.25, 0.3) is 0 Å². The van der Waals surface area contributed by atoms with Crippen molar-refractivity contribution in [3.8, 4) is 0 Å². The van der Waals surface area contributed by atoms with Gasteiger partial charge in [-0.3, -0.25) is 4.79 Å². The molecule has 0 aromatic carbocycles. The summed E-state index contributed by atoms with van der Waals surface area (Å²) in [5.41, 5.74) is -1.76. The Balaban J connectivity index is 0.000000277. The smallest absolute Gasteiger partial charge is 0.184 e. The van der Waals surface area contributed by atoms with Crippen molar-refractivity contribution >= 4 is 5.78 Å². The van der Waals surface area contributed by atoms with Gasteiger partial charge in [0, 0.05) is 18.9 Å². The number of ether oxygens (including phenoxy) is 1. The molecule has 0 bridgehead atoms. The molecule has 2 rings (SSSR count). The number of Topliss-reactive ketones (excluding diaryl/α,β-unsaturated/α-hetero) is 1. The molecule has 0 aromatic heterocycles. The van der Waals surface area contributed by atoms with Crippen LogP contribution in [-0.2, 0) is 9.53 Å². The van der Waals surface area contributed by atoms with E-state index in [0.717, 1.165) is 12.2 Å². The van der Waals surface area contributed by atoms with E-state index in [2.05, 4.69) is 4.74 Å². The van der Waals surface area contributed by atoms with Crippen molar-refractivity contribution in [2.24, 2.45) is 5.92 Å². The van der Waals surface area contributed by atoms with Gasteiger partial charge in [0.05, 0.1) is 12.4 Å². The number of carbonyl (C=O) groups is 1. The zero-order chi connectivity index (χ0) is 20.9. The number of hydrogen-bond acceptors (Lipinski definition) is 10. The van der Waals surface area contributed by atoms with Crippen LogP contribution in [0.15, 0.2) is 23.7 Å². The van der Waals surface area contributed by atoms with Gasteiger partial charge in [0.15, 0.2) is 17.7 Å². The molecule has 10 nitrogen and oxygen atoms in total. The summed E-state index contributed by atoms with van der Waals surface area (Å²) in [6.45, 7) is 3.20. The molecule has 0 aromatic rings. The highest BCUT2D eigenvalue weighted by Crippen LogP contribution is 2.27. The molecule has 8 N–H and O–H groups in total. The molecule has 1 saturated heterocycles. The van der Waals surface area contributed by atoms with E-state index in [1.807, 2.05) is 13.8 Å². The molecule has 2 aliphatic rings. The lowest BCUT2D eigenvalue weighted by Gasteiger charge is -2.37. The van der Waals surface area contributed by atoms with Crippen molar-refractivity contribution in [1.29, 1.82) is 0 Å². The van der Waals surface area contributed by atoms with Crippen molar-refractivity contribution in [2.45, 2.75) is 63.0 Å². The third-order valence-corrected chi connectivity index (χ3v) is 4.10. The molecule has 27 heavy (non-hydrogen) atoms. The standard InChI is InChI=1S/C11H16O4.C6H12O6/c1-7(2)3-10(14)11(15)5-8(12)4-9(13)6-11;7-1-2-3(8)4(9)5(10)6(11)12-2/h4-5,7,12-13,15H,3,6H2,1-2H3;2-11H,1H2/t;2-,3-,4+,5-,6?/m.1/s1. The molecule has 2 unspecified atom stereocenters. The second kappa shape index (κ2) is 9.60. The van der Waals surface area contributed by atoms with E-state index in [9.17, 15) is 20.1 Å². The molecule has 1 fully saturated rings. The molecule has 0 spiro atoms. The van der Waals surface area contributed by atoms with Crippen LogP contribution in [0.4, 0.5) is 0 Å². The summed E-state index contributed by atoms with van der Waals surface area (Å²) in [5, 5.41) is 73.1. The maximum Gasteiger partial charge on any atom is 0.184 e. The second-order valence-corrected chi connectivity index (χ2v) is 7.05. The number of allylic oxidation sites excluding steroid dienone is 1. The van der Waals surface area contributed by atoms with Gasteiger partial charge < -0.3 is 45.6 Å². The number of rotatable bonds is 4. The molecule has 156 valence electrons. The summed E-state index contributed by atoms with van der Waals surface area (Å²) in [4.78, 5) is 11.7. The predicted molar refractivity (Wildman–Crippen MR) is 91.4 cm³/mol. The Morgan fingerprint density at radius 3 is 2.26 bits per heavy atom. The van der Waals surface area contributed by atoms with Gasteiger partial charge >= 0.3 is 0 Å². The first kappa shape index (κ1) is 23.5. The molecular formula is C17H28O10. The number of carbonyl (C=O) groups excluding carboxylic acids is 1. The van der Waals surface area contributed by atoms with Crippen LogP contribution in [0.5, 0.6) is 0 Å². The Morgan fingerprint density at radius 1 is 1.19 bits per heavy atom. The monoisotopic (exact) mass is 392 g/mol. The van der Waals surface area contributed by atoms with Crippen LogP contribution in [0.3, 0.4) is 0 Å². The van der Waals surface area contributed by atoms with Gasteiger partial charge in [-0.1, -0.05) is 13.8 Å². The van der Waals surface area contributed by atoms with Crippen molar-refractivity contribution in [2.75, 3.05) is 6.61 Å². The number of aliphatic hydroxyl groups is 8. The van der Waals surface area contributed by atoms with E-state index < -0.39 is 42.9 Å². The molecule has 1 heterocycles. The summed E-state index contributed by atoms with van der Waals surface area (Å²) in [7, 11) is 0. The Labute approximate surface area is 156 Å². The van der Waals surface area contributed by atoms with Gasteiger partial charge in [-0.25, -0.2) is 0 Å². The topological polar surface area (TPSA) is 188 Å². The molecule has 10 heteroatoms. The van der Waals surface area contributed by atoms with Crippen molar-refractivity contribution in [1.82, 2.24) is 0 Å². The summed E-state index contributed by atoms with van der Waals surface area (Å²) in [6, 6.07) is 0. The molecule has 0 radical (unpaired) electrons. The molecular weight excluding hydrogens is 364 g/mol. The van der Waals surface area contributed by atoms with Crippen LogP contribution in [0, 0.1) is 5.92 Å². The minimum Gasteiger partial charge on any atom is -0.512 e. The number of aliphatic hydroxyl groups excluding tert-OH is 7. The van der Waals surface area contributed by atoms with Crippen molar-refractivity contribution in [3.63, 3.8) is 0 Å².